The van der Waals surface area contributed by atoms with Crippen molar-refractivity contribution >= 4 is 24.1 Å². The number of hydrogen-bond acceptors (Lipinski definition) is 3. The molecule has 0 bridgehead atoms. The molecule has 1 saturated heterocycles. The van der Waals surface area contributed by atoms with Crippen molar-refractivity contribution in [1.29, 1.82) is 0 Å². The number of carbonyl (C=O) groups is 2. The van der Waals surface area contributed by atoms with Crippen LogP contribution in [0.2, 0.25) is 0 Å². The van der Waals surface area contributed by atoms with Crippen molar-refractivity contribution in [2.75, 3.05) is 18.8 Å². The molecule has 1 atom stereocenters. The molecule has 1 aliphatic heterocycles. The molecule has 1 aliphatic rings. The third kappa shape index (κ3) is 4.50. The van der Waals surface area contributed by atoms with Crippen LogP contribution in [-0.2, 0) is 4.79 Å². The molecule has 1 fully saturated rings. The number of nitrogens with one attached hydrogen (secondary N) is 2. The fourth-order valence-electron chi connectivity index (χ4n) is 1.37. The second-order valence-electron chi connectivity index (χ2n) is 3.25. The number of rotatable bonds is 4. The molecule has 1 heterocycles. The van der Waals surface area contributed by atoms with Crippen LogP contribution in [0.3, 0.4) is 0 Å². The molecule has 5 heteroatoms. The van der Waals surface area contributed by atoms with E-state index in [-0.39, 0.29) is 12.6 Å². The van der Waals surface area contributed by atoms with Gasteiger partial charge in [-0.25, -0.2) is 4.79 Å². The first-order valence-corrected chi connectivity index (χ1v) is 5.94. The summed E-state index contributed by atoms with van der Waals surface area (Å²) in [5, 5.41) is 5.75. The predicted octanol–water partition coefficient (Wildman–Crippen LogP) is 0.770. The van der Waals surface area contributed by atoms with Crippen LogP contribution in [0.5, 0.6) is 0 Å². The zero-order valence-electron chi connectivity index (χ0n) is 8.12. The van der Waals surface area contributed by atoms with Crippen molar-refractivity contribution in [3.05, 3.63) is 0 Å². The maximum absolute atomic E-state index is 11.1. The molecule has 0 aromatic rings. The van der Waals surface area contributed by atoms with E-state index in [1.165, 1.54) is 25.0 Å². The van der Waals surface area contributed by atoms with Gasteiger partial charge < -0.3 is 15.4 Å². The third-order valence-corrected chi connectivity index (χ3v) is 3.51. The summed E-state index contributed by atoms with van der Waals surface area (Å²) in [5.41, 5.74) is 0. The molecule has 2 amide bonds. The van der Waals surface area contributed by atoms with Crippen molar-refractivity contribution < 1.29 is 9.59 Å². The highest BCUT2D eigenvalue weighted by molar-refractivity contribution is 7.99. The van der Waals surface area contributed by atoms with Crippen LogP contribution >= 0.6 is 11.8 Å². The maximum atomic E-state index is 11.1. The number of aldehydes is 1. The number of carbonyl (C=O) groups excluding carboxylic acids is 2. The Balaban J connectivity index is 2.06. The van der Waals surface area contributed by atoms with Gasteiger partial charge in [0.2, 0.25) is 0 Å². The molecule has 0 aromatic carbocycles. The monoisotopic (exact) mass is 216 g/mol. The molecule has 80 valence electrons. The third-order valence-electron chi connectivity index (χ3n) is 2.11. The van der Waals surface area contributed by atoms with E-state index < -0.39 is 0 Å². The topological polar surface area (TPSA) is 58.2 Å². The number of urea groups is 1. The summed E-state index contributed by atoms with van der Waals surface area (Å²) in [7, 11) is 0. The van der Waals surface area contributed by atoms with E-state index in [9.17, 15) is 9.59 Å². The first kappa shape index (κ1) is 11.4. The summed E-state index contributed by atoms with van der Waals surface area (Å²) in [4.78, 5) is 21.0. The zero-order valence-corrected chi connectivity index (χ0v) is 8.94. The van der Waals surface area contributed by atoms with Crippen LogP contribution in [0, 0.1) is 0 Å². The standard InChI is InChI=1S/C9H16N2O2S/c12-5-4-10-9(13)11-7-8-3-1-2-6-14-8/h5,8H,1-4,6-7H2,(H2,10,11,13). The first-order valence-electron chi connectivity index (χ1n) is 4.90. The molecular weight excluding hydrogens is 200 g/mol. The van der Waals surface area contributed by atoms with Crippen LogP contribution < -0.4 is 10.6 Å². The fraction of sp³-hybridized carbons (Fsp3) is 0.778. The fourth-order valence-corrected chi connectivity index (χ4v) is 2.61. The Labute approximate surface area is 88.2 Å². The van der Waals surface area contributed by atoms with Crippen LogP contribution in [0.25, 0.3) is 0 Å². The molecule has 0 saturated carbocycles. The van der Waals surface area contributed by atoms with Gasteiger partial charge in [-0.05, 0) is 18.6 Å². The summed E-state index contributed by atoms with van der Waals surface area (Å²) in [6.45, 7) is 0.791. The summed E-state index contributed by atoms with van der Waals surface area (Å²) in [5.74, 6) is 1.20. The highest BCUT2D eigenvalue weighted by Gasteiger charge is 2.14. The van der Waals surface area contributed by atoms with E-state index in [1.807, 2.05) is 11.8 Å². The molecule has 1 unspecified atom stereocenters. The van der Waals surface area contributed by atoms with Crippen molar-refractivity contribution in [3.63, 3.8) is 0 Å². The number of thioether (sulfide) groups is 1. The minimum Gasteiger partial charge on any atom is -0.337 e. The van der Waals surface area contributed by atoms with Gasteiger partial charge in [0, 0.05) is 11.8 Å². The van der Waals surface area contributed by atoms with Crippen LogP contribution in [0.4, 0.5) is 4.79 Å². The summed E-state index contributed by atoms with van der Waals surface area (Å²) >= 11 is 1.92. The Morgan fingerprint density at radius 3 is 2.93 bits per heavy atom. The number of amides is 2. The van der Waals surface area contributed by atoms with E-state index in [0.29, 0.717) is 18.1 Å². The molecule has 0 radical (unpaired) electrons. The van der Waals surface area contributed by atoms with Crippen molar-refractivity contribution in [1.82, 2.24) is 10.6 Å². The summed E-state index contributed by atoms with van der Waals surface area (Å²) < 4.78 is 0. The van der Waals surface area contributed by atoms with E-state index in [4.69, 9.17) is 0 Å². The van der Waals surface area contributed by atoms with Gasteiger partial charge in [-0.2, -0.15) is 11.8 Å². The van der Waals surface area contributed by atoms with E-state index in [1.54, 1.807) is 0 Å². The van der Waals surface area contributed by atoms with Gasteiger partial charge in [-0.1, -0.05) is 6.42 Å². The van der Waals surface area contributed by atoms with Crippen LogP contribution in [0.1, 0.15) is 19.3 Å². The molecule has 0 aromatic heterocycles. The SMILES string of the molecule is O=CCNC(=O)NCC1CCCCS1. The largest absolute Gasteiger partial charge is 0.337 e. The highest BCUT2D eigenvalue weighted by atomic mass is 32.2. The average molecular weight is 216 g/mol. The Morgan fingerprint density at radius 2 is 2.29 bits per heavy atom. The minimum absolute atomic E-state index is 0.0869. The lowest BCUT2D eigenvalue weighted by Crippen LogP contribution is -2.40. The minimum atomic E-state index is -0.247. The Bertz CT molecular complexity index is 193. The Hall–Kier alpha value is -0.710. The van der Waals surface area contributed by atoms with E-state index in [0.717, 1.165) is 0 Å². The second kappa shape index (κ2) is 6.70. The van der Waals surface area contributed by atoms with Gasteiger partial charge in [-0.15, -0.1) is 0 Å². The van der Waals surface area contributed by atoms with Crippen molar-refractivity contribution in [2.45, 2.75) is 24.5 Å². The lowest BCUT2D eigenvalue weighted by atomic mass is 10.2. The van der Waals surface area contributed by atoms with E-state index in [2.05, 4.69) is 10.6 Å². The Kier molecular flexibility index (Phi) is 5.44. The van der Waals surface area contributed by atoms with Gasteiger partial charge >= 0.3 is 6.03 Å². The lowest BCUT2D eigenvalue weighted by molar-refractivity contribution is -0.107. The normalized spacial score (nSPS) is 21.3. The smallest absolute Gasteiger partial charge is 0.315 e. The van der Waals surface area contributed by atoms with Gasteiger partial charge in [0.1, 0.15) is 6.29 Å². The lowest BCUT2D eigenvalue weighted by Gasteiger charge is -2.21. The molecular formula is C9H16N2O2S. The molecule has 0 spiro atoms. The summed E-state index contributed by atoms with van der Waals surface area (Å²) in [6, 6.07) is -0.247. The Morgan fingerprint density at radius 1 is 1.43 bits per heavy atom. The van der Waals surface area contributed by atoms with E-state index >= 15 is 0 Å². The van der Waals surface area contributed by atoms with Crippen LogP contribution in [-0.4, -0.2) is 36.4 Å². The highest BCUT2D eigenvalue weighted by Crippen LogP contribution is 2.24. The van der Waals surface area contributed by atoms with Gasteiger partial charge in [0.15, 0.2) is 0 Å². The van der Waals surface area contributed by atoms with Crippen LogP contribution in [0.15, 0.2) is 0 Å². The average Bonchev–Trinajstić information content (AvgIpc) is 2.25. The second-order valence-corrected chi connectivity index (χ2v) is 4.65. The maximum Gasteiger partial charge on any atom is 0.315 e. The van der Waals surface area contributed by atoms with Gasteiger partial charge in [0.25, 0.3) is 0 Å². The quantitative estimate of drug-likeness (QED) is 0.682. The number of hydrogen-bond donors (Lipinski definition) is 2. The first-order chi connectivity index (χ1) is 6.83. The molecule has 1 rings (SSSR count). The zero-order chi connectivity index (χ0) is 10.2. The summed E-state index contributed by atoms with van der Waals surface area (Å²) in [6.07, 6.45) is 4.40. The van der Waals surface area contributed by atoms with Gasteiger partial charge in [-0.3, -0.25) is 0 Å². The predicted molar refractivity (Wildman–Crippen MR) is 57.6 cm³/mol. The van der Waals surface area contributed by atoms with Crippen molar-refractivity contribution in [2.24, 2.45) is 0 Å². The molecule has 0 aliphatic carbocycles. The van der Waals surface area contributed by atoms with Gasteiger partial charge in [0.05, 0.1) is 6.54 Å². The molecule has 14 heavy (non-hydrogen) atoms. The van der Waals surface area contributed by atoms with Crippen molar-refractivity contribution in [3.8, 4) is 0 Å². The molecule has 4 nitrogen and oxygen atoms in total. The molecule has 2 N–H and O–H groups in total.